The Bertz CT molecular complexity index is 937. The molecule has 1 aliphatic rings. The molecule has 134 valence electrons. The van der Waals surface area contributed by atoms with Crippen LogP contribution in [0.2, 0.25) is 0 Å². The Morgan fingerprint density at radius 3 is 2.58 bits per heavy atom. The van der Waals surface area contributed by atoms with Gasteiger partial charge in [0.15, 0.2) is 5.82 Å². The van der Waals surface area contributed by atoms with Gasteiger partial charge in [0, 0.05) is 5.75 Å². The van der Waals surface area contributed by atoms with Gasteiger partial charge in [-0.05, 0) is 29.7 Å². The molecule has 0 radical (unpaired) electrons. The topological polar surface area (TPSA) is 52.3 Å². The first-order valence-corrected chi connectivity index (χ1v) is 9.17. The summed E-state index contributed by atoms with van der Waals surface area (Å²) in [6, 6.07) is 16.4. The van der Waals surface area contributed by atoms with Crippen LogP contribution in [-0.4, -0.2) is 33.4 Å². The molecule has 0 fully saturated rings. The third kappa shape index (κ3) is 3.41. The average molecular weight is 431 g/mol. The van der Waals surface area contributed by atoms with E-state index in [4.69, 9.17) is 9.84 Å². The van der Waals surface area contributed by atoms with Crippen LogP contribution < -0.4 is 4.74 Å². The summed E-state index contributed by atoms with van der Waals surface area (Å²) in [7, 11) is 1.66. The maximum Gasteiger partial charge on any atom is 0.212 e. The van der Waals surface area contributed by atoms with Gasteiger partial charge in [-0.25, -0.2) is 0 Å². The lowest BCUT2D eigenvalue weighted by molar-refractivity contribution is 0.416. The van der Waals surface area contributed by atoms with Crippen LogP contribution in [0.15, 0.2) is 58.8 Å². The molecule has 0 atom stereocenters. The Morgan fingerprint density at radius 2 is 1.85 bits per heavy atom. The molecule has 3 aromatic rings. The fraction of sp³-hybridized carbons (Fsp3) is 0.211. The number of halogens is 1. The molecule has 1 aromatic heterocycles. The van der Waals surface area contributed by atoms with Crippen molar-refractivity contribution >= 4 is 34.5 Å². The van der Waals surface area contributed by atoms with Crippen LogP contribution in [0.5, 0.6) is 5.75 Å². The Hall–Kier alpha value is -2.12. The molecular formula is C19H19BrN4OS. The zero-order chi connectivity index (χ0) is 17.2. The summed E-state index contributed by atoms with van der Waals surface area (Å²) in [6.07, 6.45) is 1.04. The minimum absolute atomic E-state index is 0. The van der Waals surface area contributed by atoms with Crippen molar-refractivity contribution in [3.8, 4) is 17.1 Å². The number of thioether (sulfide) groups is 1. The maximum atomic E-state index is 5.46. The summed E-state index contributed by atoms with van der Waals surface area (Å²) in [5, 5.41) is 14.2. The van der Waals surface area contributed by atoms with Crippen molar-refractivity contribution in [2.45, 2.75) is 18.5 Å². The summed E-state index contributed by atoms with van der Waals surface area (Å²) < 4.78 is 7.28. The largest absolute Gasteiger partial charge is 0.496 e. The lowest BCUT2D eigenvalue weighted by atomic mass is 10.1. The predicted molar refractivity (Wildman–Crippen MR) is 111 cm³/mol. The minimum Gasteiger partial charge on any atom is -0.496 e. The Morgan fingerprint density at radius 1 is 1.08 bits per heavy atom. The first kappa shape index (κ1) is 18.7. The van der Waals surface area contributed by atoms with Gasteiger partial charge in [-0.1, -0.05) is 55.1 Å². The van der Waals surface area contributed by atoms with E-state index in [9.17, 15) is 0 Å². The molecule has 0 N–H and O–H groups in total. The molecule has 0 aliphatic carbocycles. The second kappa shape index (κ2) is 8.05. The van der Waals surface area contributed by atoms with Crippen LogP contribution >= 0.6 is 28.7 Å². The van der Waals surface area contributed by atoms with E-state index in [1.165, 1.54) is 5.56 Å². The van der Waals surface area contributed by atoms with Crippen molar-refractivity contribution in [3.63, 3.8) is 0 Å². The number of methoxy groups -OCH3 is 1. The molecule has 0 amide bonds. The lowest BCUT2D eigenvalue weighted by Gasteiger charge is -2.15. The lowest BCUT2D eigenvalue weighted by Crippen LogP contribution is -2.14. The van der Waals surface area contributed by atoms with Gasteiger partial charge in [0.1, 0.15) is 5.75 Å². The second-order valence-corrected chi connectivity index (χ2v) is 6.65. The van der Waals surface area contributed by atoms with Gasteiger partial charge in [-0.2, -0.15) is 9.78 Å². The molecule has 0 saturated carbocycles. The average Bonchev–Trinajstić information content (AvgIpc) is 3.11. The molecule has 1 aliphatic heterocycles. The molecule has 2 aromatic carbocycles. The molecule has 0 spiro atoms. The molecule has 26 heavy (non-hydrogen) atoms. The molecule has 0 bridgehead atoms. The summed E-state index contributed by atoms with van der Waals surface area (Å²) in [5.74, 6) is 2.25. The predicted octanol–water partition coefficient (Wildman–Crippen LogP) is 4.45. The van der Waals surface area contributed by atoms with E-state index in [0.29, 0.717) is 5.82 Å². The highest BCUT2D eigenvalue weighted by molar-refractivity contribution is 8.93. The van der Waals surface area contributed by atoms with Crippen LogP contribution in [0.1, 0.15) is 18.1 Å². The number of aromatic nitrogens is 3. The summed E-state index contributed by atoms with van der Waals surface area (Å²) in [4.78, 5) is 0. The highest BCUT2D eigenvalue weighted by Gasteiger charge is 2.22. The number of benzene rings is 2. The molecule has 0 saturated heterocycles. The molecule has 2 heterocycles. The maximum absolute atomic E-state index is 5.46. The highest BCUT2D eigenvalue weighted by atomic mass is 79.9. The molecule has 0 unspecified atom stereocenters. The SMILES string of the molecule is Br.CCc1ccc(C2=Nn3c(nnc3-c3ccccc3OC)SC2)cc1. The van der Waals surface area contributed by atoms with Crippen molar-refractivity contribution < 1.29 is 4.74 Å². The van der Waals surface area contributed by atoms with Crippen molar-refractivity contribution in [1.82, 2.24) is 14.9 Å². The number of nitrogens with zero attached hydrogens (tertiary/aromatic N) is 4. The molecular weight excluding hydrogens is 412 g/mol. The zero-order valence-corrected chi connectivity index (χ0v) is 17.1. The first-order valence-electron chi connectivity index (χ1n) is 8.19. The molecule has 5 nitrogen and oxygen atoms in total. The summed E-state index contributed by atoms with van der Waals surface area (Å²) >= 11 is 1.65. The highest BCUT2D eigenvalue weighted by Crippen LogP contribution is 2.33. The standard InChI is InChI=1S/C19H18N4OS.BrH/c1-3-13-8-10-14(11-9-13)16-12-25-19-21-20-18(23(19)22-16)15-6-4-5-7-17(15)24-2;/h4-11H,3,12H2,1-2H3;1H. The fourth-order valence-electron chi connectivity index (χ4n) is 2.80. The monoisotopic (exact) mass is 430 g/mol. The quantitative estimate of drug-likeness (QED) is 0.613. The number of hydrogen-bond donors (Lipinski definition) is 0. The number of ether oxygens (including phenoxy) is 1. The smallest absolute Gasteiger partial charge is 0.212 e. The van der Waals surface area contributed by atoms with E-state index in [1.54, 1.807) is 18.9 Å². The van der Waals surface area contributed by atoms with Gasteiger partial charge in [0.25, 0.3) is 0 Å². The van der Waals surface area contributed by atoms with Gasteiger partial charge in [-0.15, -0.1) is 27.2 Å². The normalized spacial score (nSPS) is 12.8. The fourth-order valence-corrected chi connectivity index (χ4v) is 3.64. The van der Waals surface area contributed by atoms with Crippen LogP contribution in [0.4, 0.5) is 0 Å². The Labute approximate surface area is 167 Å². The van der Waals surface area contributed by atoms with E-state index >= 15 is 0 Å². The number of fused-ring (bicyclic) bond motifs is 1. The van der Waals surface area contributed by atoms with E-state index < -0.39 is 0 Å². The van der Waals surface area contributed by atoms with Gasteiger partial charge in [0.05, 0.1) is 18.4 Å². The van der Waals surface area contributed by atoms with Gasteiger partial charge in [-0.3, -0.25) is 0 Å². The van der Waals surface area contributed by atoms with Crippen LogP contribution in [0, 0.1) is 0 Å². The Balaban J connectivity index is 0.00000196. The van der Waals surface area contributed by atoms with Crippen molar-refractivity contribution in [2.24, 2.45) is 5.10 Å². The second-order valence-electron chi connectivity index (χ2n) is 5.70. The van der Waals surface area contributed by atoms with E-state index in [2.05, 4.69) is 41.4 Å². The van der Waals surface area contributed by atoms with E-state index in [0.717, 1.165) is 39.9 Å². The van der Waals surface area contributed by atoms with Crippen LogP contribution in [-0.2, 0) is 6.42 Å². The first-order chi connectivity index (χ1) is 12.3. The van der Waals surface area contributed by atoms with E-state index in [1.807, 2.05) is 28.9 Å². The third-order valence-corrected chi connectivity index (χ3v) is 5.14. The summed E-state index contributed by atoms with van der Waals surface area (Å²) in [5.41, 5.74) is 4.37. The number of para-hydroxylation sites is 1. The minimum atomic E-state index is 0. The molecule has 7 heteroatoms. The third-order valence-electron chi connectivity index (χ3n) is 4.21. The van der Waals surface area contributed by atoms with Crippen LogP contribution in [0.3, 0.4) is 0 Å². The van der Waals surface area contributed by atoms with Gasteiger partial charge in [0.2, 0.25) is 5.16 Å². The van der Waals surface area contributed by atoms with Crippen molar-refractivity contribution in [1.29, 1.82) is 0 Å². The van der Waals surface area contributed by atoms with E-state index in [-0.39, 0.29) is 17.0 Å². The number of hydrogen-bond acceptors (Lipinski definition) is 5. The number of aryl methyl sites for hydroxylation is 1. The zero-order valence-electron chi connectivity index (χ0n) is 14.5. The number of rotatable bonds is 4. The molecule has 4 rings (SSSR count). The van der Waals surface area contributed by atoms with Crippen molar-refractivity contribution in [3.05, 3.63) is 59.7 Å². The Kier molecular flexibility index (Phi) is 5.78. The van der Waals surface area contributed by atoms with Gasteiger partial charge < -0.3 is 4.74 Å². The van der Waals surface area contributed by atoms with Crippen molar-refractivity contribution in [2.75, 3.05) is 12.9 Å². The summed E-state index contributed by atoms with van der Waals surface area (Å²) in [6.45, 7) is 2.16. The van der Waals surface area contributed by atoms with Gasteiger partial charge >= 0.3 is 0 Å². The van der Waals surface area contributed by atoms with Crippen LogP contribution in [0.25, 0.3) is 11.4 Å².